The Kier molecular flexibility index (Phi) is 4.24. The maximum atomic E-state index is 12.7. The normalized spacial score (nSPS) is 14.9. The molecule has 0 fully saturated rings. The van der Waals surface area contributed by atoms with Gasteiger partial charge in [0, 0.05) is 47.7 Å². The molecule has 6 nitrogen and oxygen atoms in total. The van der Waals surface area contributed by atoms with Gasteiger partial charge in [-0.25, -0.2) is 0 Å². The van der Waals surface area contributed by atoms with E-state index in [1.807, 2.05) is 0 Å². The van der Waals surface area contributed by atoms with Gasteiger partial charge >= 0.3 is 12.5 Å². The van der Waals surface area contributed by atoms with Crippen molar-refractivity contribution in [3.8, 4) is 5.75 Å². The lowest BCUT2D eigenvalue weighted by molar-refractivity contribution is -0.274. The second kappa shape index (κ2) is 6.42. The summed E-state index contributed by atoms with van der Waals surface area (Å²) in [4.78, 5) is 16.9. The Bertz CT molecular complexity index is 1080. The standard InChI is InChI=1S/C17H12F6N4O2/c18-16(19,20)14-6-13(25-26-14)15(28)27-4-3-12-10(7-27)9-5-8(29-17(21,22)23)1-2-11(9)24-12/h1-2,5-6,24H,3-4,7H2,(H,25,26). The number of aromatic amines is 2. The topological polar surface area (TPSA) is 74.0 Å². The quantitative estimate of drug-likeness (QED) is 0.618. The molecule has 3 aromatic rings. The number of amides is 1. The molecule has 0 atom stereocenters. The monoisotopic (exact) mass is 418 g/mol. The smallest absolute Gasteiger partial charge is 0.406 e. The van der Waals surface area contributed by atoms with Crippen molar-refractivity contribution in [3.63, 3.8) is 0 Å². The first-order valence-corrected chi connectivity index (χ1v) is 8.32. The van der Waals surface area contributed by atoms with Gasteiger partial charge in [-0.05, 0) is 18.2 Å². The van der Waals surface area contributed by atoms with Gasteiger partial charge in [-0.2, -0.15) is 18.3 Å². The minimum absolute atomic E-state index is 0.0118. The Morgan fingerprint density at radius 3 is 2.55 bits per heavy atom. The van der Waals surface area contributed by atoms with Crippen LogP contribution in [0.5, 0.6) is 5.75 Å². The summed E-state index contributed by atoms with van der Waals surface area (Å²) >= 11 is 0. The molecule has 0 spiro atoms. The number of hydrogen-bond donors (Lipinski definition) is 2. The molecule has 0 saturated heterocycles. The summed E-state index contributed by atoms with van der Waals surface area (Å²) in [6.45, 7) is 0.233. The molecule has 1 aromatic carbocycles. The molecule has 1 amide bonds. The van der Waals surface area contributed by atoms with Crippen LogP contribution in [0.25, 0.3) is 10.9 Å². The van der Waals surface area contributed by atoms with Crippen molar-refractivity contribution in [2.45, 2.75) is 25.5 Å². The number of fused-ring (bicyclic) bond motifs is 3. The number of H-pyrrole nitrogens is 2. The van der Waals surface area contributed by atoms with E-state index in [0.29, 0.717) is 29.0 Å². The highest BCUT2D eigenvalue weighted by Gasteiger charge is 2.35. The number of carbonyl (C=O) groups excluding carboxylic acids is 1. The van der Waals surface area contributed by atoms with Gasteiger partial charge in [-0.3, -0.25) is 9.89 Å². The van der Waals surface area contributed by atoms with Crippen LogP contribution in [0.4, 0.5) is 26.3 Å². The summed E-state index contributed by atoms with van der Waals surface area (Å²) in [5, 5.41) is 5.66. The van der Waals surface area contributed by atoms with E-state index >= 15 is 0 Å². The van der Waals surface area contributed by atoms with Crippen molar-refractivity contribution >= 4 is 16.8 Å². The summed E-state index contributed by atoms with van der Waals surface area (Å²) in [7, 11) is 0. The second-order valence-electron chi connectivity index (χ2n) is 6.48. The molecule has 1 aliphatic heterocycles. The predicted molar refractivity (Wildman–Crippen MR) is 87.0 cm³/mol. The highest BCUT2D eigenvalue weighted by Crippen LogP contribution is 2.33. The number of benzene rings is 1. The summed E-state index contributed by atoms with van der Waals surface area (Å²) < 4.78 is 79.5. The lowest BCUT2D eigenvalue weighted by Gasteiger charge is -2.26. The number of hydrogen-bond acceptors (Lipinski definition) is 3. The van der Waals surface area contributed by atoms with Crippen molar-refractivity contribution in [1.29, 1.82) is 0 Å². The second-order valence-corrected chi connectivity index (χ2v) is 6.48. The molecule has 4 rings (SSSR count). The van der Waals surface area contributed by atoms with Crippen LogP contribution in [0.2, 0.25) is 0 Å². The molecule has 0 unspecified atom stereocenters. The first-order chi connectivity index (χ1) is 13.5. The minimum Gasteiger partial charge on any atom is -0.406 e. The van der Waals surface area contributed by atoms with Gasteiger partial charge in [0.25, 0.3) is 5.91 Å². The molecule has 154 valence electrons. The predicted octanol–water partition coefficient (Wildman–Crippen LogP) is 4.01. The van der Waals surface area contributed by atoms with Crippen LogP contribution in [-0.2, 0) is 19.1 Å². The Morgan fingerprint density at radius 2 is 1.90 bits per heavy atom. The number of aromatic nitrogens is 3. The number of alkyl halides is 6. The zero-order chi connectivity index (χ0) is 21.0. The summed E-state index contributed by atoms with van der Waals surface area (Å²) in [6, 6.07) is 4.44. The molecular formula is C17H12F6N4O2. The summed E-state index contributed by atoms with van der Waals surface area (Å²) in [6.07, 6.45) is -9.14. The molecule has 3 heterocycles. The maximum absolute atomic E-state index is 12.7. The molecule has 0 saturated carbocycles. The Morgan fingerprint density at radius 1 is 1.14 bits per heavy atom. The van der Waals surface area contributed by atoms with Gasteiger partial charge in [-0.15, -0.1) is 13.2 Å². The van der Waals surface area contributed by atoms with Crippen LogP contribution < -0.4 is 4.74 Å². The summed E-state index contributed by atoms with van der Waals surface area (Å²) in [5.41, 5.74) is 0.365. The number of ether oxygens (including phenoxy) is 1. The van der Waals surface area contributed by atoms with E-state index in [0.717, 1.165) is 5.69 Å². The highest BCUT2D eigenvalue weighted by atomic mass is 19.4. The molecule has 0 radical (unpaired) electrons. The molecular weight excluding hydrogens is 406 g/mol. The molecule has 12 heteroatoms. The first kappa shape index (κ1) is 19.2. The molecule has 1 aliphatic rings. The third-order valence-corrected chi connectivity index (χ3v) is 4.57. The maximum Gasteiger partial charge on any atom is 0.573 e. The van der Waals surface area contributed by atoms with Crippen LogP contribution in [0, 0.1) is 0 Å². The van der Waals surface area contributed by atoms with Gasteiger partial charge in [0.15, 0.2) is 5.69 Å². The van der Waals surface area contributed by atoms with Gasteiger partial charge in [0.1, 0.15) is 11.4 Å². The lowest BCUT2D eigenvalue weighted by Crippen LogP contribution is -2.36. The Labute approximate surface area is 158 Å². The fraction of sp³-hybridized carbons (Fsp3) is 0.294. The average Bonchev–Trinajstić information content (AvgIpc) is 3.24. The third kappa shape index (κ3) is 3.74. The molecule has 0 aliphatic carbocycles. The van der Waals surface area contributed by atoms with Crippen LogP contribution in [-0.4, -0.2) is 38.9 Å². The van der Waals surface area contributed by atoms with Crippen LogP contribution >= 0.6 is 0 Å². The van der Waals surface area contributed by atoms with E-state index in [9.17, 15) is 31.1 Å². The van der Waals surface area contributed by atoms with E-state index < -0.39 is 29.9 Å². The SMILES string of the molecule is O=C(c1cc(C(F)(F)F)[nH]n1)N1CCc2[nH]c3ccc(OC(F)(F)F)cc3c2C1. The fourth-order valence-corrected chi connectivity index (χ4v) is 3.30. The Balaban J connectivity index is 1.61. The zero-order valence-corrected chi connectivity index (χ0v) is 14.4. The zero-order valence-electron chi connectivity index (χ0n) is 14.4. The van der Waals surface area contributed by atoms with Crippen molar-refractivity contribution in [3.05, 3.63) is 46.9 Å². The van der Waals surface area contributed by atoms with Gasteiger partial charge in [0.2, 0.25) is 0 Å². The first-order valence-electron chi connectivity index (χ1n) is 8.32. The van der Waals surface area contributed by atoms with Crippen molar-refractivity contribution < 1.29 is 35.9 Å². The van der Waals surface area contributed by atoms with E-state index in [1.165, 1.54) is 23.1 Å². The van der Waals surface area contributed by atoms with Gasteiger partial charge in [-0.1, -0.05) is 0 Å². The van der Waals surface area contributed by atoms with Crippen molar-refractivity contribution in [1.82, 2.24) is 20.1 Å². The van der Waals surface area contributed by atoms with Crippen molar-refractivity contribution in [2.75, 3.05) is 6.54 Å². The number of halogens is 6. The minimum atomic E-state index is -4.85. The Hall–Kier alpha value is -3.18. The van der Waals surface area contributed by atoms with Crippen LogP contribution in [0.1, 0.15) is 27.4 Å². The molecule has 0 bridgehead atoms. The van der Waals surface area contributed by atoms with Crippen LogP contribution in [0.3, 0.4) is 0 Å². The van der Waals surface area contributed by atoms with E-state index in [2.05, 4.69) is 14.8 Å². The molecule has 2 aromatic heterocycles. The molecule has 2 N–H and O–H groups in total. The average molecular weight is 418 g/mol. The summed E-state index contributed by atoms with van der Waals surface area (Å²) in [5.74, 6) is -1.11. The van der Waals surface area contributed by atoms with Crippen LogP contribution in [0.15, 0.2) is 24.3 Å². The molecule has 29 heavy (non-hydrogen) atoms. The number of nitrogens with one attached hydrogen (secondary N) is 2. The third-order valence-electron chi connectivity index (χ3n) is 4.57. The number of rotatable bonds is 2. The lowest BCUT2D eigenvalue weighted by atomic mass is 10.0. The fourth-order valence-electron chi connectivity index (χ4n) is 3.30. The highest BCUT2D eigenvalue weighted by molar-refractivity contribution is 5.93. The van der Waals surface area contributed by atoms with Gasteiger partial charge in [0.05, 0.1) is 0 Å². The van der Waals surface area contributed by atoms with E-state index in [4.69, 9.17) is 0 Å². The van der Waals surface area contributed by atoms with E-state index in [-0.39, 0.29) is 18.8 Å². The number of carbonyl (C=O) groups is 1. The van der Waals surface area contributed by atoms with Gasteiger partial charge < -0.3 is 14.6 Å². The van der Waals surface area contributed by atoms with E-state index in [1.54, 1.807) is 5.10 Å². The largest absolute Gasteiger partial charge is 0.573 e. The number of nitrogens with zero attached hydrogens (tertiary/aromatic N) is 2. The van der Waals surface area contributed by atoms with Crippen molar-refractivity contribution in [2.24, 2.45) is 0 Å².